The molecule has 0 N–H and O–H groups in total. The number of halogens is 1. The molecule has 0 amide bonds. The van der Waals surface area contributed by atoms with Gasteiger partial charge in [-0.2, -0.15) is 0 Å². The number of hydrogen-bond donors (Lipinski definition) is 0. The Kier molecular flexibility index (Phi) is 6.49. The summed E-state index contributed by atoms with van der Waals surface area (Å²) in [5.74, 6) is -0.0372. The summed E-state index contributed by atoms with van der Waals surface area (Å²) in [6.45, 7) is 0. The van der Waals surface area contributed by atoms with Gasteiger partial charge in [0, 0.05) is 12.3 Å². The molecule has 0 radical (unpaired) electrons. The van der Waals surface area contributed by atoms with Crippen molar-refractivity contribution in [3.05, 3.63) is 41.0 Å². The maximum atomic E-state index is 11.3. The first-order chi connectivity index (χ1) is 10.4. The van der Waals surface area contributed by atoms with Gasteiger partial charge in [0.25, 0.3) is 0 Å². The quantitative estimate of drug-likeness (QED) is 0.445. The average Bonchev–Trinajstić information content (AvgIpc) is 2.43. The largest absolute Gasteiger partial charge is 0.726 e. The van der Waals surface area contributed by atoms with Gasteiger partial charge in [-0.25, -0.2) is 21.4 Å². The van der Waals surface area contributed by atoms with E-state index in [0.717, 1.165) is 18.0 Å². The van der Waals surface area contributed by atoms with E-state index in [9.17, 15) is 21.4 Å². The molecule has 7 nitrogen and oxygen atoms in total. The summed E-state index contributed by atoms with van der Waals surface area (Å²) in [6.07, 6.45) is 2.98. The van der Waals surface area contributed by atoms with Crippen molar-refractivity contribution >= 4 is 42.7 Å². The van der Waals surface area contributed by atoms with Crippen molar-refractivity contribution in [3.63, 3.8) is 0 Å². The topological polar surface area (TPSA) is 104 Å². The molecule has 10 heteroatoms. The van der Waals surface area contributed by atoms with Crippen molar-refractivity contribution in [1.82, 2.24) is 0 Å². The minimum absolute atomic E-state index is 0.0372. The molecule has 0 aliphatic heterocycles. The molecule has 0 aliphatic carbocycles. The van der Waals surface area contributed by atoms with Crippen LogP contribution in [0.3, 0.4) is 0 Å². The van der Waals surface area contributed by atoms with E-state index in [4.69, 9.17) is 11.6 Å². The van der Waals surface area contributed by atoms with Crippen LogP contribution in [-0.2, 0) is 37.2 Å². The van der Waals surface area contributed by atoms with E-state index in [-0.39, 0.29) is 5.75 Å². The van der Waals surface area contributed by atoms with Crippen LogP contribution >= 0.6 is 11.6 Å². The molecule has 0 atom stereocenters. The Balaban J connectivity index is 0.000000379. The van der Waals surface area contributed by atoms with Gasteiger partial charge in [-0.15, -0.1) is 0 Å². The van der Waals surface area contributed by atoms with E-state index in [1.54, 1.807) is 6.20 Å². The molecule has 23 heavy (non-hydrogen) atoms. The standard InChI is InChI=1S/C12H13ClNO2S.CH4O4S/c1-14-7-9(8-17(2,15)16)12(13)10-5-3-4-6-11(10)14;1-5-6(2,3)4/h3-7H,8H2,1-2H3;1H3,(H,2,3,4)/q+1;/p-1. The van der Waals surface area contributed by atoms with E-state index in [1.807, 2.05) is 35.9 Å². The first-order valence-corrected chi connectivity index (χ1v) is 9.96. The average molecular weight is 382 g/mol. The van der Waals surface area contributed by atoms with Crippen LogP contribution in [-0.4, -0.2) is 34.8 Å². The lowest BCUT2D eigenvalue weighted by Crippen LogP contribution is -2.29. The molecule has 1 aromatic heterocycles. The monoisotopic (exact) mass is 381 g/mol. The minimum Gasteiger partial charge on any atom is -0.726 e. The van der Waals surface area contributed by atoms with E-state index >= 15 is 0 Å². The summed E-state index contributed by atoms with van der Waals surface area (Å²) >= 11 is 6.24. The Morgan fingerprint density at radius 3 is 2.22 bits per heavy atom. The van der Waals surface area contributed by atoms with Gasteiger partial charge in [0.15, 0.2) is 16.0 Å². The van der Waals surface area contributed by atoms with Gasteiger partial charge in [-0.3, -0.25) is 4.18 Å². The molecule has 128 valence electrons. The smallest absolute Gasteiger partial charge is 0.217 e. The molecule has 0 saturated carbocycles. The van der Waals surface area contributed by atoms with Crippen molar-refractivity contribution in [2.24, 2.45) is 7.05 Å². The second-order valence-electron chi connectivity index (χ2n) is 4.74. The number of aryl methyl sites for hydroxylation is 1. The third-order valence-electron chi connectivity index (χ3n) is 2.77. The van der Waals surface area contributed by atoms with Crippen LogP contribution in [0.1, 0.15) is 5.56 Å². The summed E-state index contributed by atoms with van der Waals surface area (Å²) in [5.41, 5.74) is 1.62. The minimum atomic E-state index is -4.41. The van der Waals surface area contributed by atoms with Crippen molar-refractivity contribution in [2.45, 2.75) is 5.75 Å². The van der Waals surface area contributed by atoms with E-state index in [0.29, 0.717) is 10.6 Å². The molecule has 2 rings (SSSR count). The van der Waals surface area contributed by atoms with Crippen LogP contribution in [0, 0.1) is 0 Å². The third-order valence-corrected chi connectivity index (χ3v) is 4.46. The molecule has 0 bridgehead atoms. The SMILES string of the molecule is COS(=O)(=O)[O-].C[n+]1cc(CS(C)(=O)=O)c(Cl)c2ccccc21. The number of pyridine rings is 1. The maximum absolute atomic E-state index is 11.3. The Bertz CT molecular complexity index is 909. The number of nitrogens with zero attached hydrogens (tertiary/aromatic N) is 1. The first kappa shape index (κ1) is 19.8. The predicted octanol–water partition coefficient (Wildman–Crippen LogP) is 0.955. The van der Waals surface area contributed by atoms with Gasteiger partial charge in [0.2, 0.25) is 15.9 Å². The Morgan fingerprint density at radius 1 is 1.22 bits per heavy atom. The summed E-state index contributed by atoms with van der Waals surface area (Å²) in [5, 5.41) is 1.39. The molecule has 2 aromatic rings. The number of hydrogen-bond acceptors (Lipinski definition) is 6. The highest BCUT2D eigenvalue weighted by atomic mass is 35.5. The van der Waals surface area contributed by atoms with Crippen molar-refractivity contribution < 1.29 is 30.1 Å². The number of para-hydroxylation sites is 1. The highest BCUT2D eigenvalue weighted by Crippen LogP contribution is 2.25. The van der Waals surface area contributed by atoms with Crippen LogP contribution < -0.4 is 4.57 Å². The summed E-state index contributed by atoms with van der Waals surface area (Å²) in [4.78, 5) is 0. The molecule has 0 spiro atoms. The van der Waals surface area contributed by atoms with Crippen LogP contribution in [0.2, 0.25) is 5.02 Å². The lowest BCUT2D eigenvalue weighted by Gasteiger charge is -2.05. The normalized spacial score (nSPS) is 11.9. The Labute approximate surface area is 140 Å². The molecule has 0 fully saturated rings. The molecule has 1 aromatic carbocycles. The fraction of sp³-hybridized carbons (Fsp3) is 0.308. The van der Waals surface area contributed by atoms with Gasteiger partial charge < -0.3 is 4.55 Å². The number of benzene rings is 1. The van der Waals surface area contributed by atoms with Crippen molar-refractivity contribution in [2.75, 3.05) is 13.4 Å². The second kappa shape index (κ2) is 7.54. The molecular weight excluding hydrogens is 366 g/mol. The molecule has 0 saturated heterocycles. The number of aromatic nitrogens is 1. The highest BCUT2D eigenvalue weighted by molar-refractivity contribution is 7.89. The molecule has 0 unspecified atom stereocenters. The van der Waals surface area contributed by atoms with Crippen LogP contribution in [0.25, 0.3) is 10.9 Å². The van der Waals surface area contributed by atoms with Gasteiger partial charge in [0.1, 0.15) is 7.05 Å². The zero-order valence-electron chi connectivity index (χ0n) is 12.7. The Hall–Kier alpha value is -1.26. The summed E-state index contributed by atoms with van der Waals surface area (Å²) in [7, 11) is -4.81. The number of sulfone groups is 1. The fourth-order valence-electron chi connectivity index (χ4n) is 1.88. The summed E-state index contributed by atoms with van der Waals surface area (Å²) < 4.78 is 55.6. The maximum Gasteiger partial charge on any atom is 0.217 e. The molecule has 0 aliphatic rings. The lowest BCUT2D eigenvalue weighted by atomic mass is 10.1. The zero-order chi connectivity index (χ0) is 17.8. The van der Waals surface area contributed by atoms with Crippen LogP contribution in [0.15, 0.2) is 30.5 Å². The van der Waals surface area contributed by atoms with Gasteiger partial charge in [-0.05, 0) is 6.07 Å². The van der Waals surface area contributed by atoms with Crippen molar-refractivity contribution in [1.29, 1.82) is 0 Å². The number of fused-ring (bicyclic) bond motifs is 1. The lowest BCUT2D eigenvalue weighted by molar-refractivity contribution is -0.645. The van der Waals surface area contributed by atoms with Gasteiger partial charge in [0.05, 0.1) is 28.8 Å². The number of rotatable bonds is 3. The highest BCUT2D eigenvalue weighted by Gasteiger charge is 2.17. The van der Waals surface area contributed by atoms with E-state index in [2.05, 4.69) is 4.18 Å². The Morgan fingerprint density at radius 2 is 1.74 bits per heavy atom. The first-order valence-electron chi connectivity index (χ1n) is 6.19. The van der Waals surface area contributed by atoms with Crippen LogP contribution in [0.4, 0.5) is 0 Å². The third kappa shape index (κ3) is 6.40. The van der Waals surface area contributed by atoms with E-state index < -0.39 is 20.2 Å². The van der Waals surface area contributed by atoms with Gasteiger partial charge >= 0.3 is 0 Å². The van der Waals surface area contributed by atoms with Gasteiger partial charge in [-0.1, -0.05) is 23.7 Å². The fourth-order valence-corrected chi connectivity index (χ4v) is 3.02. The molecule has 1 heterocycles. The van der Waals surface area contributed by atoms with Crippen LogP contribution in [0.5, 0.6) is 0 Å². The second-order valence-corrected chi connectivity index (χ2v) is 8.41. The van der Waals surface area contributed by atoms with E-state index in [1.165, 1.54) is 6.26 Å². The molecular formula is C13H16ClNO6S2. The van der Waals surface area contributed by atoms with Crippen molar-refractivity contribution in [3.8, 4) is 0 Å². The summed E-state index contributed by atoms with van der Waals surface area (Å²) in [6, 6.07) is 7.65. The zero-order valence-corrected chi connectivity index (χ0v) is 15.1. The predicted molar refractivity (Wildman–Crippen MR) is 85.4 cm³/mol.